The SMILES string of the molecule is CCC(C)Oc1ccc(NC(=O)C(C)Oc2ccccc2[N+](=O)[O-])cc1. The van der Waals surface area contributed by atoms with Crippen molar-refractivity contribution in [2.45, 2.75) is 39.4 Å². The summed E-state index contributed by atoms with van der Waals surface area (Å²) in [5.41, 5.74) is 0.406. The molecule has 0 aliphatic heterocycles. The zero-order chi connectivity index (χ0) is 19.1. The van der Waals surface area contributed by atoms with E-state index in [0.717, 1.165) is 12.2 Å². The van der Waals surface area contributed by atoms with Gasteiger partial charge in [-0.05, 0) is 50.6 Å². The van der Waals surface area contributed by atoms with Crippen molar-refractivity contribution < 1.29 is 19.2 Å². The van der Waals surface area contributed by atoms with E-state index in [1.165, 1.54) is 19.1 Å². The molecule has 0 radical (unpaired) electrons. The number of nitrogens with zero attached hydrogens (tertiary/aromatic N) is 1. The average Bonchev–Trinajstić information content (AvgIpc) is 2.63. The zero-order valence-electron chi connectivity index (χ0n) is 15.0. The molecule has 0 heterocycles. The second-order valence-corrected chi connectivity index (χ2v) is 5.84. The number of hydrogen-bond acceptors (Lipinski definition) is 5. The summed E-state index contributed by atoms with van der Waals surface area (Å²) in [7, 11) is 0. The van der Waals surface area contributed by atoms with Gasteiger partial charge < -0.3 is 14.8 Å². The van der Waals surface area contributed by atoms with Crippen LogP contribution in [0.3, 0.4) is 0 Å². The van der Waals surface area contributed by atoms with Crippen molar-refractivity contribution in [2.75, 3.05) is 5.32 Å². The van der Waals surface area contributed by atoms with Crippen LogP contribution in [0.5, 0.6) is 11.5 Å². The van der Waals surface area contributed by atoms with Crippen LogP contribution in [0.4, 0.5) is 11.4 Å². The molecule has 7 nitrogen and oxygen atoms in total. The highest BCUT2D eigenvalue weighted by atomic mass is 16.6. The second-order valence-electron chi connectivity index (χ2n) is 5.84. The summed E-state index contributed by atoms with van der Waals surface area (Å²) in [5.74, 6) is 0.373. The molecule has 2 aromatic rings. The minimum atomic E-state index is -0.896. The zero-order valence-corrected chi connectivity index (χ0v) is 15.0. The maximum Gasteiger partial charge on any atom is 0.310 e. The van der Waals surface area contributed by atoms with E-state index in [1.807, 2.05) is 13.8 Å². The first-order valence-electron chi connectivity index (χ1n) is 8.38. The number of para-hydroxylation sites is 2. The fourth-order valence-electron chi connectivity index (χ4n) is 2.13. The van der Waals surface area contributed by atoms with Crippen LogP contribution in [0.15, 0.2) is 48.5 Å². The van der Waals surface area contributed by atoms with Crippen LogP contribution in [0.1, 0.15) is 27.2 Å². The van der Waals surface area contributed by atoms with Crippen LogP contribution in [0.25, 0.3) is 0 Å². The first kappa shape index (κ1) is 19.2. The first-order valence-corrected chi connectivity index (χ1v) is 8.38. The highest BCUT2D eigenvalue weighted by molar-refractivity contribution is 5.94. The maximum absolute atomic E-state index is 12.3. The summed E-state index contributed by atoms with van der Waals surface area (Å²) in [5, 5.41) is 13.7. The van der Waals surface area contributed by atoms with Crippen LogP contribution >= 0.6 is 0 Å². The van der Waals surface area contributed by atoms with Crippen molar-refractivity contribution in [1.29, 1.82) is 0 Å². The lowest BCUT2D eigenvalue weighted by Gasteiger charge is -2.15. The third-order valence-corrected chi connectivity index (χ3v) is 3.77. The van der Waals surface area contributed by atoms with Crippen molar-refractivity contribution >= 4 is 17.3 Å². The Morgan fingerprint density at radius 2 is 1.77 bits per heavy atom. The summed E-state index contributed by atoms with van der Waals surface area (Å²) in [6.45, 7) is 5.56. The lowest BCUT2D eigenvalue weighted by molar-refractivity contribution is -0.386. The largest absolute Gasteiger partial charge is 0.491 e. The van der Waals surface area contributed by atoms with Gasteiger partial charge in [-0.15, -0.1) is 0 Å². The number of carbonyl (C=O) groups is 1. The van der Waals surface area contributed by atoms with Gasteiger partial charge in [0.25, 0.3) is 5.91 Å². The predicted octanol–water partition coefficient (Wildman–Crippen LogP) is 4.18. The number of rotatable bonds is 8. The molecule has 0 aromatic heterocycles. The summed E-state index contributed by atoms with van der Waals surface area (Å²) in [6, 6.07) is 13.0. The Hall–Kier alpha value is -3.09. The highest BCUT2D eigenvalue weighted by Gasteiger charge is 2.20. The van der Waals surface area contributed by atoms with E-state index in [4.69, 9.17) is 9.47 Å². The first-order chi connectivity index (χ1) is 12.4. The number of carbonyl (C=O) groups excluding carboxylic acids is 1. The van der Waals surface area contributed by atoms with Crippen LogP contribution in [0, 0.1) is 10.1 Å². The molecule has 0 spiro atoms. The number of hydrogen-bond donors (Lipinski definition) is 1. The summed E-state index contributed by atoms with van der Waals surface area (Å²) < 4.78 is 11.1. The molecule has 1 N–H and O–H groups in total. The van der Waals surface area contributed by atoms with Crippen LogP contribution in [0.2, 0.25) is 0 Å². The molecule has 2 rings (SSSR count). The molecule has 0 aliphatic rings. The van der Waals surface area contributed by atoms with E-state index in [9.17, 15) is 14.9 Å². The maximum atomic E-state index is 12.3. The average molecular weight is 358 g/mol. The monoisotopic (exact) mass is 358 g/mol. The molecule has 0 saturated heterocycles. The van der Waals surface area contributed by atoms with Gasteiger partial charge in [0.2, 0.25) is 0 Å². The van der Waals surface area contributed by atoms with Crippen molar-refractivity contribution in [3.8, 4) is 11.5 Å². The number of amides is 1. The van der Waals surface area contributed by atoms with Gasteiger partial charge in [0.1, 0.15) is 5.75 Å². The molecule has 138 valence electrons. The molecule has 0 fully saturated rings. The van der Waals surface area contributed by atoms with Gasteiger partial charge in [-0.25, -0.2) is 0 Å². The van der Waals surface area contributed by atoms with Crippen LogP contribution in [-0.2, 0) is 4.79 Å². The molecule has 0 bridgehead atoms. The van der Waals surface area contributed by atoms with Gasteiger partial charge in [-0.3, -0.25) is 14.9 Å². The molecule has 1 amide bonds. The molecule has 0 aliphatic carbocycles. The minimum absolute atomic E-state index is 0.0532. The molecule has 2 unspecified atom stereocenters. The van der Waals surface area contributed by atoms with Crippen molar-refractivity contribution in [3.05, 3.63) is 58.6 Å². The van der Waals surface area contributed by atoms with E-state index in [-0.39, 0.29) is 17.5 Å². The Kier molecular flexibility index (Phi) is 6.54. The predicted molar refractivity (Wildman–Crippen MR) is 98.6 cm³/mol. The molecule has 26 heavy (non-hydrogen) atoms. The Labute approximate surface area is 152 Å². The molecule has 0 saturated carbocycles. The van der Waals surface area contributed by atoms with Crippen molar-refractivity contribution in [3.63, 3.8) is 0 Å². The third kappa shape index (κ3) is 5.20. The van der Waals surface area contributed by atoms with Gasteiger partial charge in [-0.2, -0.15) is 0 Å². The standard InChI is InChI=1S/C19H22N2O5/c1-4-13(2)25-16-11-9-15(10-12-16)20-19(22)14(3)26-18-8-6-5-7-17(18)21(23)24/h5-14H,4H2,1-3H3,(H,20,22). The van der Waals surface area contributed by atoms with E-state index in [2.05, 4.69) is 5.32 Å². The Morgan fingerprint density at radius 3 is 2.38 bits per heavy atom. The van der Waals surface area contributed by atoms with Crippen molar-refractivity contribution in [1.82, 2.24) is 0 Å². The topological polar surface area (TPSA) is 90.7 Å². The highest BCUT2D eigenvalue weighted by Crippen LogP contribution is 2.27. The fourth-order valence-corrected chi connectivity index (χ4v) is 2.13. The molecular weight excluding hydrogens is 336 g/mol. The number of nitro benzene ring substituents is 1. The summed E-state index contributed by atoms with van der Waals surface area (Å²) in [6.07, 6.45) is 0.122. The van der Waals surface area contributed by atoms with Crippen molar-refractivity contribution in [2.24, 2.45) is 0 Å². The van der Waals surface area contributed by atoms with Gasteiger partial charge >= 0.3 is 5.69 Å². The minimum Gasteiger partial charge on any atom is -0.491 e. The number of ether oxygens (including phenoxy) is 2. The summed E-state index contributed by atoms with van der Waals surface area (Å²) >= 11 is 0. The van der Waals surface area contributed by atoms with Gasteiger partial charge in [0.15, 0.2) is 11.9 Å². The van der Waals surface area contributed by atoms with E-state index >= 15 is 0 Å². The molecule has 2 aromatic carbocycles. The van der Waals surface area contributed by atoms with E-state index < -0.39 is 16.9 Å². The van der Waals surface area contributed by atoms with Gasteiger partial charge in [0.05, 0.1) is 11.0 Å². The Bertz CT molecular complexity index is 761. The van der Waals surface area contributed by atoms with Crippen LogP contribution < -0.4 is 14.8 Å². The smallest absolute Gasteiger partial charge is 0.310 e. The lowest BCUT2D eigenvalue weighted by Crippen LogP contribution is -2.30. The van der Waals surface area contributed by atoms with E-state index in [1.54, 1.807) is 36.4 Å². The second kappa shape index (κ2) is 8.84. The lowest BCUT2D eigenvalue weighted by atomic mass is 10.2. The number of nitro groups is 1. The molecule has 2 atom stereocenters. The Morgan fingerprint density at radius 1 is 1.12 bits per heavy atom. The normalized spacial score (nSPS) is 12.7. The number of anilines is 1. The molecular formula is C19H22N2O5. The molecule has 7 heteroatoms. The number of nitrogens with one attached hydrogen (secondary N) is 1. The van der Waals surface area contributed by atoms with E-state index in [0.29, 0.717) is 5.69 Å². The fraction of sp³-hybridized carbons (Fsp3) is 0.316. The summed E-state index contributed by atoms with van der Waals surface area (Å²) in [4.78, 5) is 22.7. The van der Waals surface area contributed by atoms with Gasteiger partial charge in [0, 0.05) is 11.8 Å². The third-order valence-electron chi connectivity index (χ3n) is 3.77. The van der Waals surface area contributed by atoms with Gasteiger partial charge in [-0.1, -0.05) is 19.1 Å². The number of benzene rings is 2. The quantitative estimate of drug-likeness (QED) is 0.565. The van der Waals surface area contributed by atoms with Crippen LogP contribution in [-0.4, -0.2) is 23.0 Å². The Balaban J connectivity index is 1.98.